The largest absolute Gasteiger partial charge is 0.361 e. The van der Waals surface area contributed by atoms with Gasteiger partial charge in [0.05, 0.1) is 6.42 Å². The van der Waals surface area contributed by atoms with Crippen LogP contribution in [0.1, 0.15) is 39.0 Å². The van der Waals surface area contributed by atoms with Crippen LogP contribution in [-0.4, -0.2) is 50.3 Å². The summed E-state index contributed by atoms with van der Waals surface area (Å²) in [5, 5.41) is 4.61. The molecule has 1 saturated heterocycles. The van der Waals surface area contributed by atoms with Crippen LogP contribution in [0.15, 0.2) is 30.5 Å². The Morgan fingerprint density at radius 2 is 2.07 bits per heavy atom. The second kappa shape index (κ2) is 7.31. The Hall–Kier alpha value is -2.41. The molecule has 1 aromatic heterocycles. The van der Waals surface area contributed by atoms with Gasteiger partial charge in [-0.3, -0.25) is 14.5 Å². The van der Waals surface area contributed by atoms with Crippen molar-refractivity contribution < 1.29 is 9.59 Å². The van der Waals surface area contributed by atoms with Gasteiger partial charge in [0.25, 0.3) is 5.91 Å². The highest BCUT2D eigenvalue weighted by atomic mass is 32.1. The predicted molar refractivity (Wildman–Crippen MR) is 109 cm³/mol. The lowest BCUT2D eigenvalue weighted by molar-refractivity contribution is -0.130. The van der Waals surface area contributed by atoms with E-state index >= 15 is 0 Å². The maximum Gasteiger partial charge on any atom is 0.252 e. The van der Waals surface area contributed by atoms with Gasteiger partial charge in [0.2, 0.25) is 5.91 Å². The molecule has 2 amide bonds. The highest BCUT2D eigenvalue weighted by Gasteiger charge is 2.46. The molecule has 2 aromatic rings. The van der Waals surface area contributed by atoms with Crippen molar-refractivity contribution >= 4 is 45.7 Å². The van der Waals surface area contributed by atoms with Crippen LogP contribution in [0.25, 0.3) is 10.9 Å². The second-order valence-corrected chi connectivity index (χ2v) is 7.62. The van der Waals surface area contributed by atoms with E-state index in [4.69, 9.17) is 12.2 Å². The van der Waals surface area contributed by atoms with E-state index in [1.54, 1.807) is 4.90 Å². The van der Waals surface area contributed by atoms with Crippen LogP contribution < -0.4 is 5.32 Å². The Labute approximate surface area is 163 Å². The van der Waals surface area contributed by atoms with E-state index in [9.17, 15) is 9.59 Å². The van der Waals surface area contributed by atoms with Crippen molar-refractivity contribution in [2.45, 2.75) is 51.1 Å². The normalized spacial score (nSPS) is 20.9. The molecule has 1 aliphatic heterocycles. The van der Waals surface area contributed by atoms with Gasteiger partial charge in [0, 0.05) is 30.0 Å². The third-order valence-corrected chi connectivity index (χ3v) is 6.02. The van der Waals surface area contributed by atoms with E-state index in [0.717, 1.165) is 42.3 Å². The van der Waals surface area contributed by atoms with Crippen molar-refractivity contribution in [2.24, 2.45) is 0 Å². The van der Waals surface area contributed by atoms with E-state index in [0.29, 0.717) is 11.7 Å². The molecular formula is C20H24N4O2S. The fourth-order valence-corrected chi connectivity index (χ4v) is 4.74. The van der Waals surface area contributed by atoms with Crippen molar-refractivity contribution in [3.63, 3.8) is 0 Å². The van der Waals surface area contributed by atoms with Crippen molar-refractivity contribution in [1.82, 2.24) is 14.8 Å². The number of fused-ring (bicyclic) bond motifs is 1. The van der Waals surface area contributed by atoms with Crippen LogP contribution in [-0.2, 0) is 9.59 Å². The summed E-state index contributed by atoms with van der Waals surface area (Å²) < 4.78 is 0. The molecule has 6 nitrogen and oxygen atoms in total. The van der Waals surface area contributed by atoms with E-state index in [1.807, 2.05) is 42.3 Å². The van der Waals surface area contributed by atoms with E-state index in [2.05, 4.69) is 10.3 Å². The van der Waals surface area contributed by atoms with Crippen LogP contribution >= 0.6 is 12.2 Å². The molecule has 0 spiro atoms. The number of H-pyrrole nitrogens is 1. The number of likely N-dealkylation sites (N-methyl/N-ethyl adjacent to an activating group) is 1. The SMILES string of the molecule is CCN1C(=O)C(CC(=O)Nc2ccc3cc[nH]c3c2)N(C2CCCC2)C1=S. The molecule has 142 valence electrons. The number of anilines is 1. The van der Waals surface area contributed by atoms with Crippen LogP contribution in [0.2, 0.25) is 0 Å². The lowest BCUT2D eigenvalue weighted by Gasteiger charge is -2.30. The molecule has 1 aliphatic carbocycles. The summed E-state index contributed by atoms with van der Waals surface area (Å²) >= 11 is 5.57. The third-order valence-electron chi connectivity index (χ3n) is 5.59. The molecule has 7 heteroatoms. The van der Waals surface area contributed by atoms with Gasteiger partial charge in [-0.05, 0) is 55.6 Å². The molecule has 0 bridgehead atoms. The Balaban J connectivity index is 1.50. The molecule has 2 heterocycles. The highest BCUT2D eigenvalue weighted by Crippen LogP contribution is 2.32. The number of nitrogens with one attached hydrogen (secondary N) is 2. The van der Waals surface area contributed by atoms with Crippen LogP contribution in [0.5, 0.6) is 0 Å². The van der Waals surface area contributed by atoms with Crippen molar-refractivity contribution in [1.29, 1.82) is 0 Å². The minimum absolute atomic E-state index is 0.0515. The summed E-state index contributed by atoms with van der Waals surface area (Å²) in [4.78, 5) is 32.3. The van der Waals surface area contributed by atoms with E-state index in [1.165, 1.54) is 0 Å². The first-order valence-electron chi connectivity index (χ1n) is 9.59. The zero-order valence-corrected chi connectivity index (χ0v) is 16.2. The Morgan fingerprint density at radius 1 is 1.30 bits per heavy atom. The average Bonchev–Trinajstić information content (AvgIpc) is 3.36. The fraction of sp³-hybridized carbons (Fsp3) is 0.450. The molecular weight excluding hydrogens is 360 g/mol. The molecule has 27 heavy (non-hydrogen) atoms. The van der Waals surface area contributed by atoms with Gasteiger partial charge in [-0.15, -0.1) is 0 Å². The number of thiocarbonyl (C=S) groups is 1. The van der Waals surface area contributed by atoms with Gasteiger partial charge in [0.15, 0.2) is 5.11 Å². The molecule has 2 fully saturated rings. The zero-order valence-electron chi connectivity index (χ0n) is 15.4. The van der Waals surface area contributed by atoms with Crippen molar-refractivity contribution in [2.75, 3.05) is 11.9 Å². The predicted octanol–water partition coefficient (Wildman–Crippen LogP) is 3.26. The smallest absolute Gasteiger partial charge is 0.252 e. The minimum Gasteiger partial charge on any atom is -0.361 e. The molecule has 0 radical (unpaired) electrons. The standard InChI is InChI=1S/C20H24N4O2S/c1-2-23-19(26)17(24(20(23)27)15-5-3-4-6-15)12-18(25)22-14-8-7-13-9-10-21-16(13)11-14/h7-11,15,17,21H,2-6,12H2,1H3,(H,22,25). The summed E-state index contributed by atoms with van der Waals surface area (Å²) in [6.07, 6.45) is 6.36. The van der Waals surface area contributed by atoms with Gasteiger partial charge in [-0.2, -0.15) is 0 Å². The zero-order chi connectivity index (χ0) is 19.0. The van der Waals surface area contributed by atoms with Gasteiger partial charge >= 0.3 is 0 Å². The summed E-state index contributed by atoms with van der Waals surface area (Å²) in [5.74, 6) is -0.215. The summed E-state index contributed by atoms with van der Waals surface area (Å²) in [6.45, 7) is 2.47. The lowest BCUT2D eigenvalue weighted by atomic mass is 10.1. The Kier molecular flexibility index (Phi) is 4.86. The first-order chi connectivity index (χ1) is 13.1. The van der Waals surface area contributed by atoms with Crippen molar-refractivity contribution in [3.8, 4) is 0 Å². The number of hydrogen-bond donors (Lipinski definition) is 2. The van der Waals surface area contributed by atoms with Crippen LogP contribution in [0.4, 0.5) is 5.69 Å². The first kappa shape index (κ1) is 18.0. The molecule has 1 atom stereocenters. The van der Waals surface area contributed by atoms with Crippen LogP contribution in [0.3, 0.4) is 0 Å². The lowest BCUT2D eigenvalue weighted by Crippen LogP contribution is -2.43. The summed E-state index contributed by atoms with van der Waals surface area (Å²) in [5.41, 5.74) is 1.69. The quantitative estimate of drug-likeness (QED) is 0.777. The van der Waals surface area contributed by atoms with Crippen molar-refractivity contribution in [3.05, 3.63) is 30.5 Å². The number of rotatable bonds is 5. The summed E-state index contributed by atoms with van der Waals surface area (Å²) in [7, 11) is 0. The molecule has 1 unspecified atom stereocenters. The summed E-state index contributed by atoms with van der Waals surface area (Å²) in [6, 6.07) is 7.50. The molecule has 4 rings (SSSR count). The monoisotopic (exact) mass is 384 g/mol. The topological polar surface area (TPSA) is 68.4 Å². The number of aromatic nitrogens is 1. The van der Waals surface area contributed by atoms with Gasteiger partial charge < -0.3 is 15.2 Å². The molecule has 1 aromatic carbocycles. The second-order valence-electron chi connectivity index (χ2n) is 7.26. The highest BCUT2D eigenvalue weighted by molar-refractivity contribution is 7.80. The maximum atomic E-state index is 12.9. The first-order valence-corrected chi connectivity index (χ1v) is 10.00. The number of hydrogen-bond acceptors (Lipinski definition) is 3. The third kappa shape index (κ3) is 3.32. The molecule has 1 saturated carbocycles. The number of aromatic amines is 1. The number of amides is 2. The fourth-order valence-electron chi connectivity index (χ4n) is 4.25. The number of benzene rings is 1. The molecule has 2 N–H and O–H groups in total. The Bertz CT molecular complexity index is 887. The molecule has 2 aliphatic rings. The minimum atomic E-state index is -0.491. The van der Waals surface area contributed by atoms with Gasteiger partial charge in [-0.1, -0.05) is 18.9 Å². The Morgan fingerprint density at radius 3 is 2.81 bits per heavy atom. The number of carbonyl (C=O) groups excluding carboxylic acids is 2. The van der Waals surface area contributed by atoms with E-state index in [-0.39, 0.29) is 24.3 Å². The van der Waals surface area contributed by atoms with Gasteiger partial charge in [-0.25, -0.2) is 0 Å². The van der Waals surface area contributed by atoms with Crippen LogP contribution in [0, 0.1) is 0 Å². The number of nitrogens with zero attached hydrogens (tertiary/aromatic N) is 2. The van der Waals surface area contributed by atoms with Gasteiger partial charge in [0.1, 0.15) is 6.04 Å². The number of carbonyl (C=O) groups is 2. The van der Waals surface area contributed by atoms with E-state index < -0.39 is 6.04 Å². The maximum absolute atomic E-state index is 12.9. The average molecular weight is 385 g/mol.